The molecule has 0 aliphatic carbocycles. The van der Waals surface area contributed by atoms with E-state index in [-0.39, 0.29) is 6.10 Å². The van der Waals surface area contributed by atoms with Crippen molar-refractivity contribution in [3.63, 3.8) is 0 Å². The predicted octanol–water partition coefficient (Wildman–Crippen LogP) is 3.89. The number of nitrogens with zero attached hydrogens (tertiary/aromatic N) is 2. The van der Waals surface area contributed by atoms with Gasteiger partial charge in [-0.05, 0) is 62.5 Å². The highest BCUT2D eigenvalue weighted by Gasteiger charge is 2.41. The first-order valence-corrected chi connectivity index (χ1v) is 8.44. The smallest absolute Gasteiger partial charge is 0.213 e. The second-order valence-electron chi connectivity index (χ2n) is 6.71. The van der Waals surface area contributed by atoms with Crippen molar-refractivity contribution < 1.29 is 13.5 Å². The van der Waals surface area contributed by atoms with Crippen LogP contribution in [0.15, 0.2) is 36.5 Å². The summed E-state index contributed by atoms with van der Waals surface area (Å²) in [4.78, 5) is 6.83. The molecule has 0 spiro atoms. The largest absolute Gasteiger partial charge is 0.472 e. The topological polar surface area (TPSA) is 25.4 Å². The van der Waals surface area contributed by atoms with Crippen molar-refractivity contribution in [2.75, 3.05) is 13.1 Å². The summed E-state index contributed by atoms with van der Waals surface area (Å²) in [7, 11) is 0. The first kappa shape index (κ1) is 15.5. The van der Waals surface area contributed by atoms with E-state index in [9.17, 15) is 8.78 Å². The van der Waals surface area contributed by atoms with Gasteiger partial charge in [-0.1, -0.05) is 6.07 Å². The second-order valence-corrected chi connectivity index (χ2v) is 6.71. The third kappa shape index (κ3) is 2.77. The molecule has 0 radical (unpaired) electrons. The Bertz CT molecular complexity index is 725. The van der Waals surface area contributed by atoms with Gasteiger partial charge < -0.3 is 4.74 Å². The molecule has 1 aromatic heterocycles. The lowest BCUT2D eigenvalue weighted by molar-refractivity contribution is -0.0525. The summed E-state index contributed by atoms with van der Waals surface area (Å²) < 4.78 is 32.5. The van der Waals surface area contributed by atoms with E-state index in [0.29, 0.717) is 23.4 Å². The van der Waals surface area contributed by atoms with Crippen LogP contribution in [-0.2, 0) is 0 Å². The van der Waals surface area contributed by atoms with Crippen molar-refractivity contribution in [1.29, 1.82) is 0 Å². The molecular weight excluding hydrogens is 310 g/mol. The summed E-state index contributed by atoms with van der Waals surface area (Å²) >= 11 is 0. The minimum absolute atomic E-state index is 0.175. The van der Waals surface area contributed by atoms with Crippen molar-refractivity contribution in [1.82, 2.24) is 9.88 Å². The number of hydrogen-bond donors (Lipinski definition) is 0. The van der Waals surface area contributed by atoms with E-state index in [2.05, 4.69) is 16.8 Å². The Morgan fingerprint density at radius 2 is 1.79 bits per heavy atom. The van der Waals surface area contributed by atoms with Gasteiger partial charge in [-0.25, -0.2) is 13.8 Å². The van der Waals surface area contributed by atoms with Gasteiger partial charge in [-0.2, -0.15) is 0 Å². The van der Waals surface area contributed by atoms with Gasteiger partial charge in [0, 0.05) is 23.9 Å². The zero-order chi connectivity index (χ0) is 16.7. The van der Waals surface area contributed by atoms with Crippen LogP contribution in [0.3, 0.4) is 0 Å². The number of halogens is 2. The Balaban J connectivity index is 1.50. The molecule has 3 saturated heterocycles. The van der Waals surface area contributed by atoms with Crippen LogP contribution in [0.2, 0.25) is 0 Å². The first-order chi connectivity index (χ1) is 11.6. The Kier molecular flexibility index (Phi) is 3.96. The van der Waals surface area contributed by atoms with E-state index in [0.717, 1.165) is 24.7 Å². The molecule has 2 unspecified atom stereocenters. The Morgan fingerprint density at radius 3 is 2.42 bits per heavy atom. The fourth-order valence-electron chi connectivity index (χ4n) is 3.89. The zero-order valence-electron chi connectivity index (χ0n) is 13.6. The van der Waals surface area contributed by atoms with Gasteiger partial charge >= 0.3 is 0 Å². The normalized spacial score (nSPS) is 28.8. The highest BCUT2D eigenvalue weighted by Crippen LogP contribution is 2.34. The van der Waals surface area contributed by atoms with Crippen LogP contribution in [0.4, 0.5) is 8.78 Å². The van der Waals surface area contributed by atoms with E-state index >= 15 is 0 Å². The minimum Gasteiger partial charge on any atom is -0.472 e. The molecule has 0 saturated carbocycles. The van der Waals surface area contributed by atoms with Crippen molar-refractivity contribution in [3.05, 3.63) is 48.2 Å². The summed E-state index contributed by atoms with van der Waals surface area (Å²) in [5.74, 6) is -0.512. The molecule has 2 atom stereocenters. The summed E-state index contributed by atoms with van der Waals surface area (Å²) in [5.41, 5.74) is 1.34. The van der Waals surface area contributed by atoms with Crippen LogP contribution in [0.1, 0.15) is 19.8 Å². The number of piperidine rings is 3. The highest BCUT2D eigenvalue weighted by atomic mass is 19.2. The molecule has 3 fully saturated rings. The Labute approximate surface area is 140 Å². The maximum atomic E-state index is 13.4. The summed E-state index contributed by atoms with van der Waals surface area (Å²) in [6.45, 7) is 4.54. The van der Waals surface area contributed by atoms with Crippen LogP contribution < -0.4 is 4.74 Å². The summed E-state index contributed by atoms with van der Waals surface area (Å²) in [5, 5.41) is 0. The van der Waals surface area contributed by atoms with Crippen LogP contribution >= 0.6 is 0 Å². The molecule has 0 N–H and O–H groups in total. The van der Waals surface area contributed by atoms with E-state index in [1.165, 1.54) is 18.9 Å². The third-order valence-electron chi connectivity index (χ3n) is 5.34. The molecule has 2 aromatic rings. The van der Waals surface area contributed by atoms with Crippen LogP contribution in [0.5, 0.6) is 5.88 Å². The lowest BCUT2D eigenvalue weighted by atomic mass is 9.81. The second kappa shape index (κ2) is 6.13. The molecule has 1 aromatic carbocycles. The van der Waals surface area contributed by atoms with Gasteiger partial charge in [0.25, 0.3) is 0 Å². The fraction of sp³-hybridized carbons (Fsp3) is 0.421. The van der Waals surface area contributed by atoms with E-state index in [1.807, 2.05) is 6.07 Å². The van der Waals surface area contributed by atoms with E-state index < -0.39 is 11.6 Å². The van der Waals surface area contributed by atoms with Crippen molar-refractivity contribution >= 4 is 0 Å². The van der Waals surface area contributed by atoms with Crippen LogP contribution in [0.25, 0.3) is 11.1 Å². The Hall–Kier alpha value is -2.01. The molecule has 3 aliphatic heterocycles. The predicted molar refractivity (Wildman–Crippen MR) is 87.8 cm³/mol. The first-order valence-electron chi connectivity index (χ1n) is 8.44. The van der Waals surface area contributed by atoms with E-state index in [1.54, 1.807) is 18.3 Å². The monoisotopic (exact) mass is 330 g/mol. The number of hydrogen-bond acceptors (Lipinski definition) is 3. The molecule has 24 heavy (non-hydrogen) atoms. The van der Waals surface area contributed by atoms with Gasteiger partial charge in [0.15, 0.2) is 11.6 Å². The van der Waals surface area contributed by atoms with Gasteiger partial charge in [-0.3, -0.25) is 4.90 Å². The lowest BCUT2D eigenvalue weighted by Crippen LogP contribution is -2.58. The number of ether oxygens (including phenoxy) is 1. The van der Waals surface area contributed by atoms with Crippen LogP contribution in [0, 0.1) is 17.6 Å². The molecule has 4 heterocycles. The van der Waals surface area contributed by atoms with Crippen molar-refractivity contribution in [2.45, 2.75) is 31.9 Å². The minimum atomic E-state index is -0.853. The molecular formula is C19H20F2N2O. The van der Waals surface area contributed by atoms with Crippen molar-refractivity contribution in [3.8, 4) is 17.0 Å². The average Bonchev–Trinajstić information content (AvgIpc) is 2.61. The fourth-order valence-corrected chi connectivity index (χ4v) is 3.89. The number of aromatic nitrogens is 1. The molecule has 0 amide bonds. The Morgan fingerprint density at radius 1 is 1.04 bits per heavy atom. The lowest BCUT2D eigenvalue weighted by Gasteiger charge is -2.49. The highest BCUT2D eigenvalue weighted by molar-refractivity contribution is 5.62. The van der Waals surface area contributed by atoms with Gasteiger partial charge in [-0.15, -0.1) is 0 Å². The number of pyridine rings is 1. The molecule has 3 nitrogen and oxygen atoms in total. The van der Waals surface area contributed by atoms with Gasteiger partial charge in [0.05, 0.1) is 0 Å². The van der Waals surface area contributed by atoms with Gasteiger partial charge in [0.2, 0.25) is 5.88 Å². The SMILES string of the molecule is CC1C(Oc2ccc(-c3ccc(F)c(F)c3)cn2)C2CCN1CC2. The van der Waals surface area contributed by atoms with Gasteiger partial charge in [0.1, 0.15) is 6.10 Å². The molecule has 3 aliphatic rings. The standard InChI is InChI=1S/C19H20F2N2O/c1-12-19(13-6-8-23(12)9-7-13)24-18-5-3-15(11-22-18)14-2-4-16(20)17(21)10-14/h2-5,10-13,19H,6-9H2,1H3. The maximum absolute atomic E-state index is 13.4. The summed E-state index contributed by atoms with van der Waals surface area (Å²) in [6.07, 6.45) is 4.19. The molecule has 2 bridgehead atoms. The van der Waals surface area contributed by atoms with Crippen LogP contribution in [-0.4, -0.2) is 35.1 Å². The molecule has 5 rings (SSSR count). The quantitative estimate of drug-likeness (QED) is 0.854. The summed E-state index contributed by atoms with van der Waals surface area (Å²) in [6, 6.07) is 7.91. The average molecular weight is 330 g/mol. The molecule has 5 heteroatoms. The van der Waals surface area contributed by atoms with E-state index in [4.69, 9.17) is 4.74 Å². The zero-order valence-corrected chi connectivity index (χ0v) is 13.6. The number of benzene rings is 1. The number of fused-ring (bicyclic) bond motifs is 3. The molecule has 126 valence electrons. The number of rotatable bonds is 3. The van der Waals surface area contributed by atoms with Crippen molar-refractivity contribution in [2.24, 2.45) is 5.92 Å². The maximum Gasteiger partial charge on any atom is 0.213 e. The third-order valence-corrected chi connectivity index (χ3v) is 5.34.